The molecule has 1 aliphatic rings. The third-order valence-corrected chi connectivity index (χ3v) is 3.91. The SMILES string of the molecule is CC(C)(C)C(=O)OCC1OC=CC(OC(=O)C(C)(C)C)C1OC(=O)C(C)(C)C. The van der Waals surface area contributed by atoms with Crippen LogP contribution in [-0.2, 0) is 33.3 Å². The number of carbonyl (C=O) groups excluding carboxylic acids is 3. The van der Waals surface area contributed by atoms with Crippen molar-refractivity contribution in [2.75, 3.05) is 6.61 Å². The number of rotatable bonds is 4. The van der Waals surface area contributed by atoms with Crippen LogP contribution in [0.5, 0.6) is 0 Å². The van der Waals surface area contributed by atoms with Crippen LogP contribution in [0.25, 0.3) is 0 Å². The fraction of sp³-hybridized carbons (Fsp3) is 0.762. The fourth-order valence-electron chi connectivity index (χ4n) is 1.98. The highest BCUT2D eigenvalue weighted by molar-refractivity contribution is 5.77. The van der Waals surface area contributed by atoms with E-state index in [0.717, 1.165) is 0 Å². The third-order valence-electron chi connectivity index (χ3n) is 3.91. The molecule has 3 unspecified atom stereocenters. The standard InChI is InChI=1S/C21H34O7/c1-19(2,3)16(22)26-12-14-15(28-18(24)21(7,8)9)13(10-11-25-14)27-17(23)20(4,5)6/h10-11,13-15H,12H2,1-9H3. The number of hydrogen-bond donors (Lipinski definition) is 0. The molecular weight excluding hydrogens is 364 g/mol. The van der Waals surface area contributed by atoms with Gasteiger partial charge in [0, 0.05) is 0 Å². The summed E-state index contributed by atoms with van der Waals surface area (Å²) in [7, 11) is 0. The molecule has 160 valence electrons. The van der Waals surface area contributed by atoms with E-state index in [4.69, 9.17) is 18.9 Å². The van der Waals surface area contributed by atoms with Gasteiger partial charge in [-0.15, -0.1) is 0 Å². The molecule has 0 bridgehead atoms. The highest BCUT2D eigenvalue weighted by atomic mass is 16.6. The predicted molar refractivity (Wildman–Crippen MR) is 103 cm³/mol. The molecule has 0 aromatic carbocycles. The zero-order valence-electron chi connectivity index (χ0n) is 18.5. The maximum atomic E-state index is 12.5. The summed E-state index contributed by atoms with van der Waals surface area (Å²) in [4.78, 5) is 36.9. The largest absolute Gasteiger partial charge is 0.491 e. The quantitative estimate of drug-likeness (QED) is 0.530. The van der Waals surface area contributed by atoms with E-state index < -0.39 is 52.5 Å². The van der Waals surface area contributed by atoms with Gasteiger partial charge in [-0.2, -0.15) is 0 Å². The molecule has 0 amide bonds. The highest BCUT2D eigenvalue weighted by Gasteiger charge is 2.42. The minimum absolute atomic E-state index is 0.133. The van der Waals surface area contributed by atoms with Crippen molar-refractivity contribution < 1.29 is 33.3 Å². The van der Waals surface area contributed by atoms with E-state index in [-0.39, 0.29) is 6.61 Å². The number of carbonyl (C=O) groups is 3. The van der Waals surface area contributed by atoms with Gasteiger partial charge in [0.2, 0.25) is 0 Å². The van der Waals surface area contributed by atoms with Crippen LogP contribution >= 0.6 is 0 Å². The summed E-state index contributed by atoms with van der Waals surface area (Å²) >= 11 is 0. The first kappa shape index (κ1) is 24.0. The topological polar surface area (TPSA) is 88.1 Å². The van der Waals surface area contributed by atoms with Crippen LogP contribution in [0.4, 0.5) is 0 Å². The fourth-order valence-corrected chi connectivity index (χ4v) is 1.98. The molecule has 0 aliphatic carbocycles. The molecule has 0 radical (unpaired) electrons. The molecule has 0 N–H and O–H groups in total. The molecule has 0 fully saturated rings. The van der Waals surface area contributed by atoms with Crippen molar-refractivity contribution in [2.45, 2.75) is 80.6 Å². The van der Waals surface area contributed by atoms with Crippen LogP contribution in [0.15, 0.2) is 12.3 Å². The Balaban J connectivity index is 3.02. The average Bonchev–Trinajstić information content (AvgIpc) is 2.51. The molecule has 0 saturated heterocycles. The molecule has 3 atom stereocenters. The zero-order valence-corrected chi connectivity index (χ0v) is 18.5. The monoisotopic (exact) mass is 398 g/mol. The number of hydrogen-bond acceptors (Lipinski definition) is 7. The average molecular weight is 398 g/mol. The van der Waals surface area contributed by atoms with Crippen molar-refractivity contribution in [1.29, 1.82) is 0 Å². The second kappa shape index (κ2) is 8.53. The second-order valence-corrected chi connectivity index (χ2v) is 10.1. The minimum atomic E-state index is -0.934. The Morgan fingerprint density at radius 3 is 1.71 bits per heavy atom. The number of esters is 3. The summed E-state index contributed by atoms with van der Waals surface area (Å²) in [5.41, 5.74) is -2.16. The van der Waals surface area contributed by atoms with Gasteiger partial charge >= 0.3 is 17.9 Å². The Kier molecular flexibility index (Phi) is 7.31. The van der Waals surface area contributed by atoms with Gasteiger partial charge < -0.3 is 18.9 Å². The van der Waals surface area contributed by atoms with E-state index in [1.54, 1.807) is 62.3 Å². The lowest BCUT2D eigenvalue weighted by Gasteiger charge is -2.36. The van der Waals surface area contributed by atoms with Gasteiger partial charge in [0.15, 0.2) is 18.3 Å². The first-order valence-corrected chi connectivity index (χ1v) is 9.45. The summed E-state index contributed by atoms with van der Waals surface area (Å²) in [6.07, 6.45) is 0.325. The number of ether oxygens (including phenoxy) is 4. The van der Waals surface area contributed by atoms with Gasteiger partial charge in [0.25, 0.3) is 0 Å². The first-order valence-electron chi connectivity index (χ1n) is 9.45. The zero-order chi connectivity index (χ0) is 21.9. The van der Waals surface area contributed by atoms with Crippen LogP contribution in [0.2, 0.25) is 0 Å². The normalized spacial score (nSPS) is 22.8. The lowest BCUT2D eigenvalue weighted by Crippen LogP contribution is -2.50. The minimum Gasteiger partial charge on any atom is -0.491 e. The summed E-state index contributed by atoms with van der Waals surface area (Å²) in [5.74, 6) is -1.32. The summed E-state index contributed by atoms with van der Waals surface area (Å²) in [6, 6.07) is 0. The van der Waals surface area contributed by atoms with E-state index in [9.17, 15) is 14.4 Å². The molecule has 1 rings (SSSR count). The van der Waals surface area contributed by atoms with E-state index in [0.29, 0.717) is 0 Å². The Hall–Kier alpha value is -2.05. The van der Waals surface area contributed by atoms with Gasteiger partial charge in [0.1, 0.15) is 6.61 Å². The van der Waals surface area contributed by atoms with Crippen LogP contribution < -0.4 is 0 Å². The predicted octanol–water partition coefficient (Wildman–Crippen LogP) is 3.40. The summed E-state index contributed by atoms with van der Waals surface area (Å²) in [6.45, 7) is 15.4. The van der Waals surface area contributed by atoms with Crippen molar-refractivity contribution in [3.05, 3.63) is 12.3 Å². The third kappa shape index (κ3) is 6.84. The molecule has 0 spiro atoms. The van der Waals surface area contributed by atoms with E-state index in [1.807, 2.05) is 0 Å². The molecule has 1 heterocycles. The molecule has 0 aromatic rings. The molecule has 7 nitrogen and oxygen atoms in total. The summed E-state index contributed by atoms with van der Waals surface area (Å²) < 4.78 is 22.1. The van der Waals surface area contributed by atoms with Crippen LogP contribution in [0.1, 0.15) is 62.3 Å². The van der Waals surface area contributed by atoms with Gasteiger partial charge in [0.05, 0.1) is 22.5 Å². The van der Waals surface area contributed by atoms with Gasteiger partial charge in [-0.3, -0.25) is 14.4 Å². The molecule has 28 heavy (non-hydrogen) atoms. The maximum Gasteiger partial charge on any atom is 0.311 e. The van der Waals surface area contributed by atoms with Crippen LogP contribution in [0.3, 0.4) is 0 Å². The lowest BCUT2D eigenvalue weighted by molar-refractivity contribution is -0.191. The van der Waals surface area contributed by atoms with Crippen LogP contribution in [-0.4, -0.2) is 42.8 Å². The smallest absolute Gasteiger partial charge is 0.311 e. The summed E-state index contributed by atoms with van der Waals surface area (Å²) in [5, 5.41) is 0. The second-order valence-electron chi connectivity index (χ2n) is 10.1. The van der Waals surface area contributed by atoms with Crippen molar-refractivity contribution >= 4 is 17.9 Å². The van der Waals surface area contributed by atoms with Crippen molar-refractivity contribution in [3.63, 3.8) is 0 Å². The van der Waals surface area contributed by atoms with Crippen molar-refractivity contribution in [3.8, 4) is 0 Å². The Morgan fingerprint density at radius 1 is 0.786 bits per heavy atom. The highest BCUT2D eigenvalue weighted by Crippen LogP contribution is 2.27. The molecule has 0 saturated carbocycles. The molecule has 1 aliphatic heterocycles. The van der Waals surface area contributed by atoms with Gasteiger partial charge in [-0.05, 0) is 68.4 Å². The van der Waals surface area contributed by atoms with E-state index >= 15 is 0 Å². The molecular formula is C21H34O7. The van der Waals surface area contributed by atoms with E-state index in [2.05, 4.69) is 0 Å². The Labute approximate surface area is 167 Å². The van der Waals surface area contributed by atoms with E-state index in [1.165, 1.54) is 12.3 Å². The first-order chi connectivity index (χ1) is 12.5. The van der Waals surface area contributed by atoms with Gasteiger partial charge in [-0.25, -0.2) is 0 Å². The maximum absolute atomic E-state index is 12.5. The van der Waals surface area contributed by atoms with Crippen molar-refractivity contribution in [2.24, 2.45) is 16.2 Å². The van der Waals surface area contributed by atoms with Gasteiger partial charge in [-0.1, -0.05) is 0 Å². The Bertz CT molecular complexity index is 614. The van der Waals surface area contributed by atoms with Crippen LogP contribution in [0, 0.1) is 16.2 Å². The lowest BCUT2D eigenvalue weighted by atomic mass is 9.95. The van der Waals surface area contributed by atoms with Crippen molar-refractivity contribution in [1.82, 2.24) is 0 Å². The Morgan fingerprint density at radius 2 is 1.25 bits per heavy atom. The molecule has 0 aromatic heterocycles. The molecule has 7 heteroatoms.